The Balaban J connectivity index is 2.29. The number of rotatable bonds is 3. The minimum atomic E-state index is -0.320. The van der Waals surface area contributed by atoms with Crippen molar-refractivity contribution in [3.8, 4) is 0 Å². The lowest BCUT2D eigenvalue weighted by atomic mass is 10.1. The highest BCUT2D eigenvalue weighted by molar-refractivity contribution is 5.56. The fraction of sp³-hybridized carbons (Fsp3) is 0.538. The molecule has 0 spiro atoms. The maximum Gasteiger partial charge on any atom is 0.130 e. The fourth-order valence-electron chi connectivity index (χ4n) is 2.45. The van der Waals surface area contributed by atoms with Gasteiger partial charge in [0, 0.05) is 42.9 Å². The van der Waals surface area contributed by atoms with Crippen LogP contribution >= 0.6 is 0 Å². The van der Waals surface area contributed by atoms with Crippen LogP contribution in [0.1, 0.15) is 24.9 Å². The second-order valence-corrected chi connectivity index (χ2v) is 4.74. The second-order valence-electron chi connectivity index (χ2n) is 4.74. The topological polar surface area (TPSA) is 49.5 Å². The first-order valence-electron chi connectivity index (χ1n) is 6.03. The molecule has 2 unspecified atom stereocenters. The number of aliphatic hydroxyl groups is 1. The van der Waals surface area contributed by atoms with Gasteiger partial charge in [0.15, 0.2) is 0 Å². The Morgan fingerprint density at radius 1 is 1.59 bits per heavy atom. The minimum Gasteiger partial charge on any atom is -0.396 e. The van der Waals surface area contributed by atoms with Gasteiger partial charge in [-0.3, -0.25) is 0 Å². The van der Waals surface area contributed by atoms with Gasteiger partial charge in [-0.05, 0) is 25.5 Å². The maximum absolute atomic E-state index is 13.8. The van der Waals surface area contributed by atoms with Gasteiger partial charge in [0.2, 0.25) is 0 Å². The lowest BCUT2D eigenvalue weighted by Gasteiger charge is -2.24. The predicted molar refractivity (Wildman–Crippen MR) is 66.4 cm³/mol. The molecular formula is C13H19FN2O. The summed E-state index contributed by atoms with van der Waals surface area (Å²) in [5, 5.41) is 9.14. The summed E-state index contributed by atoms with van der Waals surface area (Å²) in [4.78, 5) is 2.11. The highest BCUT2D eigenvalue weighted by Gasteiger charge is 2.25. The molecule has 0 amide bonds. The standard InChI is InChI=1S/C13H19FN2O/c1-9(15)13-11(14)3-2-4-12(13)16-6-5-10(7-16)8-17/h2-4,9-10,17H,5-8,15H2,1H3. The van der Waals surface area contributed by atoms with Crippen molar-refractivity contribution < 1.29 is 9.50 Å². The van der Waals surface area contributed by atoms with Crippen molar-refractivity contribution in [2.24, 2.45) is 11.7 Å². The number of hydrogen-bond donors (Lipinski definition) is 2. The normalized spacial score (nSPS) is 21.9. The van der Waals surface area contributed by atoms with Crippen LogP contribution in [0.2, 0.25) is 0 Å². The van der Waals surface area contributed by atoms with E-state index < -0.39 is 0 Å². The summed E-state index contributed by atoms with van der Waals surface area (Å²) in [5.74, 6) is 0.0455. The van der Waals surface area contributed by atoms with Crippen molar-refractivity contribution in [3.05, 3.63) is 29.6 Å². The van der Waals surface area contributed by atoms with Gasteiger partial charge >= 0.3 is 0 Å². The summed E-state index contributed by atoms with van der Waals surface area (Å²) < 4.78 is 13.8. The molecule has 2 atom stereocenters. The molecule has 0 aliphatic carbocycles. The number of hydrogen-bond acceptors (Lipinski definition) is 3. The Morgan fingerprint density at radius 3 is 2.94 bits per heavy atom. The molecule has 0 radical (unpaired) electrons. The van der Waals surface area contributed by atoms with E-state index in [4.69, 9.17) is 10.8 Å². The Morgan fingerprint density at radius 2 is 2.35 bits per heavy atom. The molecule has 1 heterocycles. The Labute approximate surface area is 101 Å². The SMILES string of the molecule is CC(N)c1c(F)cccc1N1CCC(CO)C1. The first-order chi connectivity index (χ1) is 8.13. The maximum atomic E-state index is 13.8. The van der Waals surface area contributed by atoms with Crippen molar-refractivity contribution in [3.63, 3.8) is 0 Å². The first-order valence-corrected chi connectivity index (χ1v) is 6.03. The van der Waals surface area contributed by atoms with Crippen LogP contribution in [0.15, 0.2) is 18.2 Å². The van der Waals surface area contributed by atoms with Gasteiger partial charge in [0.1, 0.15) is 5.82 Å². The molecule has 1 aromatic rings. The van der Waals surface area contributed by atoms with E-state index in [1.165, 1.54) is 6.07 Å². The zero-order chi connectivity index (χ0) is 12.4. The van der Waals surface area contributed by atoms with Crippen LogP contribution in [0.25, 0.3) is 0 Å². The lowest BCUT2D eigenvalue weighted by Crippen LogP contribution is -2.24. The minimum absolute atomic E-state index is 0.194. The van der Waals surface area contributed by atoms with Crippen molar-refractivity contribution >= 4 is 5.69 Å². The molecule has 4 heteroatoms. The van der Waals surface area contributed by atoms with Crippen molar-refractivity contribution in [1.82, 2.24) is 0 Å². The molecule has 17 heavy (non-hydrogen) atoms. The predicted octanol–water partition coefficient (Wildman–Crippen LogP) is 1.66. The van der Waals surface area contributed by atoms with Gasteiger partial charge in [-0.15, -0.1) is 0 Å². The van der Waals surface area contributed by atoms with E-state index in [0.29, 0.717) is 11.5 Å². The number of nitrogens with two attached hydrogens (primary N) is 1. The van der Waals surface area contributed by atoms with Crippen LogP contribution in [-0.2, 0) is 0 Å². The summed E-state index contributed by atoms with van der Waals surface area (Å²) in [6, 6.07) is 4.74. The van der Waals surface area contributed by atoms with Crippen LogP contribution in [-0.4, -0.2) is 24.8 Å². The third-order valence-corrected chi connectivity index (χ3v) is 3.37. The van der Waals surface area contributed by atoms with Crippen LogP contribution in [0.3, 0.4) is 0 Å². The van der Waals surface area contributed by atoms with Gasteiger partial charge in [-0.2, -0.15) is 0 Å². The summed E-state index contributed by atoms with van der Waals surface area (Å²) in [5.41, 5.74) is 7.28. The Kier molecular flexibility index (Phi) is 3.64. The molecule has 3 nitrogen and oxygen atoms in total. The molecule has 0 aromatic heterocycles. The summed E-state index contributed by atoms with van der Waals surface area (Å²) in [7, 11) is 0. The quantitative estimate of drug-likeness (QED) is 0.842. The van der Waals surface area contributed by atoms with Gasteiger partial charge in [0.25, 0.3) is 0 Å². The lowest BCUT2D eigenvalue weighted by molar-refractivity contribution is 0.238. The van der Waals surface area contributed by atoms with Gasteiger partial charge in [-0.25, -0.2) is 4.39 Å². The van der Waals surface area contributed by atoms with Crippen LogP contribution in [0.4, 0.5) is 10.1 Å². The molecule has 1 aliphatic heterocycles. The number of halogens is 1. The molecule has 2 rings (SSSR count). The zero-order valence-corrected chi connectivity index (χ0v) is 10.1. The third kappa shape index (κ3) is 2.42. The second kappa shape index (κ2) is 5.02. The molecule has 1 aromatic carbocycles. The van der Waals surface area contributed by atoms with Crippen LogP contribution < -0.4 is 10.6 Å². The highest BCUT2D eigenvalue weighted by atomic mass is 19.1. The molecular weight excluding hydrogens is 219 g/mol. The average Bonchev–Trinajstić information content (AvgIpc) is 2.76. The van der Waals surface area contributed by atoms with E-state index in [1.807, 2.05) is 6.07 Å². The molecule has 1 saturated heterocycles. The Bertz CT molecular complexity index is 395. The van der Waals surface area contributed by atoms with E-state index in [2.05, 4.69) is 4.90 Å². The number of nitrogens with zero attached hydrogens (tertiary/aromatic N) is 1. The van der Waals surface area contributed by atoms with Crippen molar-refractivity contribution in [2.45, 2.75) is 19.4 Å². The van der Waals surface area contributed by atoms with Crippen molar-refractivity contribution in [1.29, 1.82) is 0 Å². The monoisotopic (exact) mass is 238 g/mol. The number of benzene rings is 1. The van der Waals surface area contributed by atoms with Gasteiger partial charge in [-0.1, -0.05) is 6.07 Å². The molecule has 0 saturated carbocycles. The van der Waals surface area contributed by atoms with Crippen LogP contribution in [0, 0.1) is 11.7 Å². The smallest absolute Gasteiger partial charge is 0.130 e. The van der Waals surface area contributed by atoms with Crippen LogP contribution in [0.5, 0.6) is 0 Å². The van der Waals surface area contributed by atoms with Gasteiger partial charge in [0.05, 0.1) is 0 Å². The van der Waals surface area contributed by atoms with E-state index in [9.17, 15) is 4.39 Å². The summed E-state index contributed by atoms with van der Waals surface area (Å²) >= 11 is 0. The Hall–Kier alpha value is -1.13. The molecule has 1 aliphatic rings. The highest BCUT2D eigenvalue weighted by Crippen LogP contribution is 2.31. The first kappa shape index (κ1) is 12.3. The zero-order valence-electron chi connectivity index (χ0n) is 10.1. The van der Waals surface area contributed by atoms with Gasteiger partial charge < -0.3 is 15.7 Å². The van der Waals surface area contributed by atoms with E-state index >= 15 is 0 Å². The number of aliphatic hydroxyl groups excluding tert-OH is 1. The number of anilines is 1. The van der Waals surface area contributed by atoms with E-state index in [0.717, 1.165) is 25.2 Å². The molecule has 94 valence electrons. The molecule has 0 bridgehead atoms. The molecule has 3 N–H and O–H groups in total. The van der Waals surface area contributed by atoms with Crippen molar-refractivity contribution in [2.75, 3.05) is 24.6 Å². The summed E-state index contributed by atoms with van der Waals surface area (Å²) in [6.45, 7) is 3.62. The van der Waals surface area contributed by atoms with E-state index in [-0.39, 0.29) is 18.5 Å². The largest absolute Gasteiger partial charge is 0.396 e. The molecule has 1 fully saturated rings. The van der Waals surface area contributed by atoms with E-state index in [1.54, 1.807) is 13.0 Å². The average molecular weight is 238 g/mol. The fourth-order valence-corrected chi connectivity index (χ4v) is 2.45. The third-order valence-electron chi connectivity index (χ3n) is 3.37. The summed E-state index contributed by atoms with van der Waals surface area (Å²) in [6.07, 6.45) is 0.950.